The molecule has 2 aromatic carbocycles. The highest BCUT2D eigenvalue weighted by Gasteiger charge is 2.35. The van der Waals surface area contributed by atoms with Crippen molar-refractivity contribution in [3.05, 3.63) is 59.1 Å². The first-order valence-electron chi connectivity index (χ1n) is 8.05. The Hall–Kier alpha value is -2.58. The Labute approximate surface area is 161 Å². The smallest absolute Gasteiger partial charge is 0.347 e. The van der Waals surface area contributed by atoms with Gasteiger partial charge >= 0.3 is 11.9 Å². The number of hydrogen-bond donors (Lipinski definition) is 1. The summed E-state index contributed by atoms with van der Waals surface area (Å²) in [4.78, 5) is 24.1. The third kappa shape index (κ3) is 4.40. The molecule has 1 heterocycles. The summed E-state index contributed by atoms with van der Waals surface area (Å²) in [7, 11) is -3.94. The van der Waals surface area contributed by atoms with E-state index in [1.54, 1.807) is 19.1 Å². The first-order valence-corrected chi connectivity index (χ1v) is 9.91. The van der Waals surface area contributed by atoms with Gasteiger partial charge in [0, 0.05) is 11.4 Å². The maximum atomic E-state index is 12.5. The summed E-state index contributed by atoms with van der Waals surface area (Å²) in [5.74, 6) is -1.43. The van der Waals surface area contributed by atoms with Crippen molar-refractivity contribution >= 4 is 39.3 Å². The van der Waals surface area contributed by atoms with Crippen LogP contribution in [0.4, 0.5) is 5.69 Å². The number of para-hydroxylation sites is 1. The summed E-state index contributed by atoms with van der Waals surface area (Å²) < 4.78 is 37.6. The molecule has 7 nitrogen and oxygen atoms in total. The highest BCUT2D eigenvalue weighted by atomic mass is 35.5. The molecule has 0 unspecified atom stereocenters. The fraction of sp³-hybridized carbons (Fsp3) is 0.222. The van der Waals surface area contributed by atoms with E-state index in [0.717, 1.165) is 0 Å². The van der Waals surface area contributed by atoms with Crippen LogP contribution in [-0.2, 0) is 24.3 Å². The number of nitrogens with one attached hydrogen (secondary N) is 1. The van der Waals surface area contributed by atoms with Crippen molar-refractivity contribution in [3.63, 3.8) is 0 Å². The average molecular weight is 410 g/mol. The number of carbonyl (C=O) groups is 2. The van der Waals surface area contributed by atoms with Crippen molar-refractivity contribution in [3.8, 4) is 0 Å². The zero-order valence-electron chi connectivity index (χ0n) is 14.2. The SMILES string of the molecule is C[C@H]1C[C@@H](OC(=O)c2ccccc2NS(=O)(=O)c2ccc(Cl)cc2)C(=O)O1. The van der Waals surface area contributed by atoms with Crippen LogP contribution < -0.4 is 4.72 Å². The second kappa shape index (κ2) is 7.58. The number of anilines is 1. The van der Waals surface area contributed by atoms with Crippen LogP contribution in [0.5, 0.6) is 0 Å². The molecule has 1 N–H and O–H groups in total. The van der Waals surface area contributed by atoms with Gasteiger partial charge in [-0.25, -0.2) is 18.0 Å². The van der Waals surface area contributed by atoms with Gasteiger partial charge < -0.3 is 9.47 Å². The molecule has 1 aliphatic rings. The Morgan fingerprint density at radius 3 is 2.48 bits per heavy atom. The lowest BCUT2D eigenvalue weighted by Gasteiger charge is -2.13. The highest BCUT2D eigenvalue weighted by molar-refractivity contribution is 7.92. The number of halogens is 1. The van der Waals surface area contributed by atoms with Crippen molar-refractivity contribution in [1.82, 2.24) is 0 Å². The van der Waals surface area contributed by atoms with Crippen LogP contribution in [0.15, 0.2) is 53.4 Å². The van der Waals surface area contributed by atoms with Crippen molar-refractivity contribution in [2.45, 2.75) is 30.4 Å². The Morgan fingerprint density at radius 1 is 1.19 bits per heavy atom. The van der Waals surface area contributed by atoms with E-state index in [9.17, 15) is 18.0 Å². The highest BCUT2D eigenvalue weighted by Crippen LogP contribution is 2.24. The zero-order valence-corrected chi connectivity index (χ0v) is 15.8. The standard InChI is InChI=1S/C18H16ClNO6S/c1-11-10-16(18(22)25-11)26-17(21)14-4-2-3-5-15(14)20-27(23,24)13-8-6-12(19)7-9-13/h2-9,11,16,20H,10H2,1H3/t11-,16+/m0/s1. The van der Waals surface area contributed by atoms with Gasteiger partial charge in [-0.2, -0.15) is 0 Å². The minimum Gasteiger partial charge on any atom is -0.460 e. The molecule has 1 fully saturated rings. The molecule has 1 saturated heterocycles. The first-order chi connectivity index (χ1) is 12.8. The second-order valence-electron chi connectivity index (χ2n) is 5.98. The molecular formula is C18H16ClNO6S. The molecule has 2 aromatic rings. The number of rotatable bonds is 5. The molecule has 0 saturated carbocycles. The number of hydrogen-bond acceptors (Lipinski definition) is 6. The Balaban J connectivity index is 1.82. The van der Waals surface area contributed by atoms with Crippen LogP contribution in [0, 0.1) is 0 Å². The van der Waals surface area contributed by atoms with E-state index in [0.29, 0.717) is 5.02 Å². The van der Waals surface area contributed by atoms with Gasteiger partial charge in [-0.3, -0.25) is 4.72 Å². The molecular weight excluding hydrogens is 394 g/mol. The van der Waals surface area contributed by atoms with Crippen LogP contribution in [0.25, 0.3) is 0 Å². The summed E-state index contributed by atoms with van der Waals surface area (Å²) in [6, 6.07) is 11.6. The van der Waals surface area contributed by atoms with Gasteiger partial charge in [0.15, 0.2) is 0 Å². The molecule has 27 heavy (non-hydrogen) atoms. The number of cyclic esters (lactones) is 1. The van der Waals surface area contributed by atoms with E-state index in [4.69, 9.17) is 21.1 Å². The quantitative estimate of drug-likeness (QED) is 0.762. The van der Waals surface area contributed by atoms with Gasteiger partial charge in [0.25, 0.3) is 10.0 Å². The van der Waals surface area contributed by atoms with Crippen LogP contribution in [0.3, 0.4) is 0 Å². The fourth-order valence-corrected chi connectivity index (χ4v) is 3.78. The van der Waals surface area contributed by atoms with Gasteiger partial charge in [0.1, 0.15) is 6.10 Å². The third-order valence-electron chi connectivity index (χ3n) is 3.89. The van der Waals surface area contributed by atoms with E-state index < -0.39 is 28.1 Å². The Bertz CT molecular complexity index is 974. The molecule has 1 aliphatic heterocycles. The van der Waals surface area contributed by atoms with Crippen molar-refractivity contribution < 1.29 is 27.5 Å². The predicted octanol–water partition coefficient (Wildman–Crippen LogP) is 3.00. The van der Waals surface area contributed by atoms with Gasteiger partial charge in [0.05, 0.1) is 16.1 Å². The maximum absolute atomic E-state index is 12.5. The molecule has 3 rings (SSSR count). The molecule has 142 valence electrons. The number of benzene rings is 2. The summed E-state index contributed by atoms with van der Waals surface area (Å²) in [5, 5.41) is 0.399. The molecule has 0 spiro atoms. The van der Waals surface area contributed by atoms with Crippen LogP contribution in [-0.4, -0.2) is 32.6 Å². The molecule has 9 heteroatoms. The molecule has 0 bridgehead atoms. The van der Waals surface area contributed by atoms with E-state index in [1.165, 1.54) is 36.4 Å². The van der Waals surface area contributed by atoms with Gasteiger partial charge in [-0.15, -0.1) is 0 Å². The number of sulfonamides is 1. The van der Waals surface area contributed by atoms with Gasteiger partial charge in [-0.1, -0.05) is 23.7 Å². The fourth-order valence-electron chi connectivity index (χ4n) is 2.58. The molecule has 0 amide bonds. The Kier molecular flexibility index (Phi) is 5.38. The zero-order chi connectivity index (χ0) is 19.6. The van der Waals surface area contributed by atoms with Gasteiger partial charge in [0.2, 0.25) is 6.10 Å². The van der Waals surface area contributed by atoms with Crippen LogP contribution in [0.1, 0.15) is 23.7 Å². The average Bonchev–Trinajstić information content (AvgIpc) is 2.92. The van der Waals surface area contributed by atoms with Crippen molar-refractivity contribution in [1.29, 1.82) is 0 Å². The third-order valence-corrected chi connectivity index (χ3v) is 5.52. The molecule has 0 aliphatic carbocycles. The van der Waals surface area contributed by atoms with Gasteiger partial charge in [-0.05, 0) is 43.3 Å². The maximum Gasteiger partial charge on any atom is 0.347 e. The minimum absolute atomic E-state index is 0.0109. The van der Waals surface area contributed by atoms with E-state index in [1.807, 2.05) is 0 Å². The second-order valence-corrected chi connectivity index (χ2v) is 8.10. The lowest BCUT2D eigenvalue weighted by Crippen LogP contribution is -2.24. The van der Waals surface area contributed by atoms with Crippen molar-refractivity contribution in [2.75, 3.05) is 4.72 Å². The largest absolute Gasteiger partial charge is 0.460 e. The minimum atomic E-state index is -3.94. The lowest BCUT2D eigenvalue weighted by molar-refractivity contribution is -0.147. The lowest BCUT2D eigenvalue weighted by atomic mass is 10.2. The summed E-state index contributed by atoms with van der Waals surface area (Å²) in [6.45, 7) is 1.69. The van der Waals surface area contributed by atoms with Crippen molar-refractivity contribution in [2.24, 2.45) is 0 Å². The first kappa shape index (κ1) is 19.2. The summed E-state index contributed by atoms with van der Waals surface area (Å²) in [5.41, 5.74) is 0.0271. The summed E-state index contributed by atoms with van der Waals surface area (Å²) in [6.07, 6.45) is -1.09. The van der Waals surface area contributed by atoms with Crippen LogP contribution >= 0.6 is 11.6 Å². The monoisotopic (exact) mass is 409 g/mol. The number of carbonyl (C=O) groups excluding carboxylic acids is 2. The van der Waals surface area contributed by atoms with E-state index >= 15 is 0 Å². The van der Waals surface area contributed by atoms with Crippen LogP contribution in [0.2, 0.25) is 5.02 Å². The normalized spacial score (nSPS) is 19.4. The Morgan fingerprint density at radius 2 is 1.85 bits per heavy atom. The molecule has 0 aromatic heterocycles. The number of ether oxygens (including phenoxy) is 2. The van der Waals surface area contributed by atoms with E-state index in [-0.39, 0.29) is 28.7 Å². The molecule has 2 atom stereocenters. The topological polar surface area (TPSA) is 98.8 Å². The molecule has 0 radical (unpaired) electrons. The predicted molar refractivity (Wildman–Crippen MR) is 98.1 cm³/mol. The number of esters is 2. The van der Waals surface area contributed by atoms with E-state index in [2.05, 4.69) is 4.72 Å². The summed E-state index contributed by atoms with van der Waals surface area (Å²) >= 11 is 5.78.